The SMILES string of the molecule is CC(C)CN(C)C(=O)c1sccc1S(=O)(=O)N1CCc2ccccc2C1. The molecule has 0 bridgehead atoms. The zero-order chi connectivity index (χ0) is 18.9. The number of nitrogens with zero attached hydrogens (tertiary/aromatic N) is 2. The minimum atomic E-state index is -3.70. The molecule has 26 heavy (non-hydrogen) atoms. The molecule has 1 amide bonds. The maximum Gasteiger partial charge on any atom is 0.265 e. The van der Waals surface area contributed by atoms with Gasteiger partial charge in [-0.15, -0.1) is 11.3 Å². The number of rotatable bonds is 5. The quantitative estimate of drug-likeness (QED) is 0.785. The van der Waals surface area contributed by atoms with E-state index in [2.05, 4.69) is 0 Å². The van der Waals surface area contributed by atoms with Crippen molar-refractivity contribution in [3.05, 3.63) is 51.7 Å². The molecule has 1 aliphatic rings. The van der Waals surface area contributed by atoms with E-state index in [1.165, 1.54) is 21.2 Å². The minimum absolute atomic E-state index is 0.127. The minimum Gasteiger partial charge on any atom is -0.341 e. The first kappa shape index (κ1) is 19.1. The van der Waals surface area contributed by atoms with Gasteiger partial charge in [0.2, 0.25) is 10.0 Å². The van der Waals surface area contributed by atoms with Gasteiger partial charge in [-0.1, -0.05) is 38.1 Å². The third-order valence-electron chi connectivity index (χ3n) is 4.52. The van der Waals surface area contributed by atoms with Crippen LogP contribution in [0.3, 0.4) is 0 Å². The highest BCUT2D eigenvalue weighted by Crippen LogP contribution is 2.30. The van der Waals surface area contributed by atoms with E-state index < -0.39 is 10.0 Å². The molecule has 7 heteroatoms. The number of sulfonamides is 1. The van der Waals surface area contributed by atoms with Gasteiger partial charge in [0.15, 0.2) is 0 Å². The van der Waals surface area contributed by atoms with Gasteiger partial charge in [-0.25, -0.2) is 8.42 Å². The molecule has 0 N–H and O–H groups in total. The van der Waals surface area contributed by atoms with Gasteiger partial charge in [-0.2, -0.15) is 4.31 Å². The Morgan fingerprint density at radius 3 is 2.62 bits per heavy atom. The average Bonchev–Trinajstić information content (AvgIpc) is 3.10. The monoisotopic (exact) mass is 392 g/mol. The Bertz CT molecular complexity index is 903. The highest BCUT2D eigenvalue weighted by molar-refractivity contribution is 7.89. The Balaban J connectivity index is 1.88. The van der Waals surface area contributed by atoms with Crippen LogP contribution in [-0.4, -0.2) is 43.7 Å². The number of carbonyl (C=O) groups excluding carboxylic acids is 1. The Labute approximate surface area is 159 Å². The molecular formula is C19H24N2O3S2. The Morgan fingerprint density at radius 2 is 1.92 bits per heavy atom. The Kier molecular flexibility index (Phi) is 5.50. The first-order valence-electron chi connectivity index (χ1n) is 8.70. The number of amides is 1. The highest BCUT2D eigenvalue weighted by Gasteiger charge is 2.33. The van der Waals surface area contributed by atoms with Gasteiger partial charge in [-0.3, -0.25) is 4.79 Å². The molecule has 0 saturated heterocycles. The molecule has 0 radical (unpaired) electrons. The molecule has 2 aromatic rings. The summed E-state index contributed by atoms with van der Waals surface area (Å²) in [5, 5.41) is 1.68. The van der Waals surface area contributed by atoms with Crippen LogP contribution in [0.2, 0.25) is 0 Å². The first-order chi connectivity index (χ1) is 12.3. The summed E-state index contributed by atoms with van der Waals surface area (Å²) in [4.78, 5) is 14.8. The lowest BCUT2D eigenvalue weighted by Crippen LogP contribution is -2.37. The summed E-state index contributed by atoms with van der Waals surface area (Å²) in [6.45, 7) is 5.43. The molecule has 0 atom stereocenters. The van der Waals surface area contributed by atoms with Crippen LogP contribution in [0, 0.1) is 5.92 Å². The van der Waals surface area contributed by atoms with Crippen LogP contribution in [0.15, 0.2) is 40.6 Å². The molecule has 0 aliphatic carbocycles. The third-order valence-corrected chi connectivity index (χ3v) is 7.44. The Hall–Kier alpha value is -1.70. The van der Waals surface area contributed by atoms with Gasteiger partial charge in [0.1, 0.15) is 9.77 Å². The molecule has 1 aromatic heterocycles. The predicted molar refractivity (Wildman–Crippen MR) is 104 cm³/mol. The highest BCUT2D eigenvalue weighted by atomic mass is 32.2. The topological polar surface area (TPSA) is 57.7 Å². The van der Waals surface area contributed by atoms with Crippen LogP contribution in [0.5, 0.6) is 0 Å². The van der Waals surface area contributed by atoms with E-state index in [4.69, 9.17) is 0 Å². The maximum atomic E-state index is 13.2. The fourth-order valence-corrected chi connectivity index (χ4v) is 6.08. The van der Waals surface area contributed by atoms with E-state index in [1.54, 1.807) is 23.4 Å². The smallest absolute Gasteiger partial charge is 0.265 e. The lowest BCUT2D eigenvalue weighted by atomic mass is 10.0. The number of benzene rings is 1. The van der Waals surface area contributed by atoms with E-state index in [0.717, 1.165) is 5.56 Å². The lowest BCUT2D eigenvalue weighted by Gasteiger charge is -2.28. The molecule has 0 fully saturated rings. The molecule has 2 heterocycles. The molecule has 0 spiro atoms. The van der Waals surface area contributed by atoms with E-state index in [1.807, 2.05) is 38.1 Å². The van der Waals surface area contributed by atoms with Crippen LogP contribution in [0.4, 0.5) is 0 Å². The van der Waals surface area contributed by atoms with Crippen molar-refractivity contribution in [2.45, 2.75) is 31.7 Å². The van der Waals surface area contributed by atoms with Gasteiger partial charge < -0.3 is 4.90 Å². The van der Waals surface area contributed by atoms with E-state index in [0.29, 0.717) is 36.9 Å². The maximum absolute atomic E-state index is 13.2. The summed E-state index contributed by atoms with van der Waals surface area (Å²) in [5.74, 6) is 0.0900. The largest absolute Gasteiger partial charge is 0.341 e. The van der Waals surface area contributed by atoms with Crippen LogP contribution >= 0.6 is 11.3 Å². The molecule has 5 nitrogen and oxygen atoms in total. The summed E-state index contributed by atoms with van der Waals surface area (Å²) >= 11 is 1.19. The summed E-state index contributed by atoms with van der Waals surface area (Å²) in [6.07, 6.45) is 0.691. The summed E-state index contributed by atoms with van der Waals surface area (Å²) in [7, 11) is -1.98. The second-order valence-corrected chi connectivity index (χ2v) is 9.87. The second-order valence-electron chi connectivity index (χ2n) is 7.05. The van der Waals surface area contributed by atoms with Crippen molar-refractivity contribution in [2.75, 3.05) is 20.1 Å². The molecule has 3 rings (SSSR count). The van der Waals surface area contributed by atoms with Crippen molar-refractivity contribution in [1.82, 2.24) is 9.21 Å². The fraction of sp³-hybridized carbons (Fsp3) is 0.421. The summed E-state index contributed by atoms with van der Waals surface area (Å²) in [5.41, 5.74) is 2.22. The van der Waals surface area contributed by atoms with Crippen molar-refractivity contribution >= 4 is 27.3 Å². The second kappa shape index (κ2) is 7.50. The zero-order valence-corrected chi connectivity index (χ0v) is 16.9. The number of carbonyl (C=O) groups is 1. The molecule has 140 valence electrons. The summed E-state index contributed by atoms with van der Waals surface area (Å²) in [6, 6.07) is 9.46. The van der Waals surface area contributed by atoms with Gasteiger partial charge in [0.05, 0.1) is 0 Å². The van der Waals surface area contributed by atoms with E-state index in [-0.39, 0.29) is 10.8 Å². The number of thiophene rings is 1. The van der Waals surface area contributed by atoms with Crippen molar-refractivity contribution in [1.29, 1.82) is 0 Å². The zero-order valence-electron chi connectivity index (χ0n) is 15.3. The summed E-state index contributed by atoms with van der Waals surface area (Å²) < 4.78 is 27.9. The molecule has 1 aliphatic heterocycles. The van der Waals surface area contributed by atoms with Crippen LogP contribution in [-0.2, 0) is 23.0 Å². The van der Waals surface area contributed by atoms with Crippen LogP contribution in [0.25, 0.3) is 0 Å². The molecule has 1 aromatic carbocycles. The normalized spacial score (nSPS) is 15.1. The number of hydrogen-bond donors (Lipinski definition) is 0. The number of fused-ring (bicyclic) bond motifs is 1. The number of hydrogen-bond acceptors (Lipinski definition) is 4. The lowest BCUT2D eigenvalue weighted by molar-refractivity contribution is 0.0780. The molecular weight excluding hydrogens is 368 g/mol. The van der Waals surface area contributed by atoms with Gasteiger partial charge in [0.25, 0.3) is 5.91 Å². The van der Waals surface area contributed by atoms with Crippen molar-refractivity contribution in [3.8, 4) is 0 Å². The predicted octanol–water partition coefficient (Wildman–Crippen LogP) is 3.22. The van der Waals surface area contributed by atoms with Gasteiger partial charge >= 0.3 is 0 Å². The standard InChI is InChI=1S/C19H24N2O3S2/c1-14(2)12-20(3)19(22)18-17(9-11-25-18)26(23,24)21-10-8-15-6-4-5-7-16(15)13-21/h4-7,9,11,14H,8,10,12-13H2,1-3H3. The van der Waals surface area contributed by atoms with E-state index >= 15 is 0 Å². The van der Waals surface area contributed by atoms with Crippen LogP contribution in [0.1, 0.15) is 34.6 Å². The Morgan fingerprint density at radius 1 is 1.23 bits per heavy atom. The van der Waals surface area contributed by atoms with Gasteiger partial charge in [0, 0.05) is 26.7 Å². The van der Waals surface area contributed by atoms with Crippen molar-refractivity contribution < 1.29 is 13.2 Å². The van der Waals surface area contributed by atoms with E-state index in [9.17, 15) is 13.2 Å². The van der Waals surface area contributed by atoms with Crippen LogP contribution < -0.4 is 0 Å². The molecule has 0 saturated carbocycles. The fourth-order valence-electron chi connectivity index (χ4n) is 3.27. The molecule has 0 unspecified atom stereocenters. The first-order valence-corrected chi connectivity index (χ1v) is 11.0. The average molecular weight is 393 g/mol. The van der Waals surface area contributed by atoms with Gasteiger partial charge in [-0.05, 0) is 34.9 Å². The van der Waals surface area contributed by atoms with Crippen molar-refractivity contribution in [3.63, 3.8) is 0 Å². The van der Waals surface area contributed by atoms with Crippen molar-refractivity contribution in [2.24, 2.45) is 5.92 Å². The third kappa shape index (κ3) is 3.70.